The Labute approximate surface area is 132 Å². The minimum absolute atomic E-state index is 0.311. The van der Waals surface area contributed by atoms with Crippen molar-refractivity contribution in [2.45, 2.75) is 19.0 Å². The predicted octanol–water partition coefficient (Wildman–Crippen LogP) is -0.0700. The van der Waals surface area contributed by atoms with Crippen molar-refractivity contribution in [3.8, 4) is 0 Å². The maximum atomic E-state index is 12.6. The highest BCUT2D eigenvalue weighted by atomic mass is 16.4. The van der Waals surface area contributed by atoms with Gasteiger partial charge in [-0.15, -0.1) is 0 Å². The third-order valence-corrected chi connectivity index (χ3v) is 4.79. The van der Waals surface area contributed by atoms with E-state index in [0.717, 1.165) is 5.56 Å². The number of rotatable bonds is 4. The topological polar surface area (TPSA) is 121 Å². The molecule has 1 aromatic rings. The van der Waals surface area contributed by atoms with E-state index in [1.165, 1.54) is 5.56 Å². The summed E-state index contributed by atoms with van der Waals surface area (Å²) in [7, 11) is 0. The molecule has 1 fully saturated rings. The number of hydrogen-bond acceptors (Lipinski definition) is 4. The van der Waals surface area contributed by atoms with Crippen LogP contribution in [0.5, 0.6) is 0 Å². The molecule has 7 nitrogen and oxygen atoms in total. The molecule has 1 aromatic carbocycles. The molecule has 1 heterocycles. The average Bonchev–Trinajstić information content (AvgIpc) is 3.28. The van der Waals surface area contributed by atoms with Gasteiger partial charge in [-0.3, -0.25) is 14.4 Å². The fraction of sp³-hybridized carbons (Fsp3) is 0.438. The number of hydrogen-bond donors (Lipinski definition) is 3. The highest BCUT2D eigenvalue weighted by molar-refractivity contribution is 5.92. The van der Waals surface area contributed by atoms with Crippen molar-refractivity contribution in [1.29, 1.82) is 0 Å². The summed E-state index contributed by atoms with van der Waals surface area (Å²) in [5, 5.41) is 18.2. The third kappa shape index (κ3) is 2.68. The quantitative estimate of drug-likeness (QED) is 0.714. The molecular weight excluding hydrogens is 300 g/mol. The van der Waals surface area contributed by atoms with Crippen molar-refractivity contribution in [1.82, 2.24) is 4.90 Å². The number of amides is 1. The van der Waals surface area contributed by atoms with Crippen LogP contribution in [-0.2, 0) is 27.3 Å². The van der Waals surface area contributed by atoms with Gasteiger partial charge in [0.2, 0.25) is 5.91 Å². The minimum atomic E-state index is -1.33. The Morgan fingerprint density at radius 2 is 1.78 bits per heavy atom. The van der Waals surface area contributed by atoms with Crippen LogP contribution in [0, 0.1) is 17.8 Å². The van der Waals surface area contributed by atoms with Gasteiger partial charge in [-0.25, -0.2) is 0 Å². The van der Waals surface area contributed by atoms with Crippen LogP contribution in [0.25, 0.3) is 0 Å². The Hall–Kier alpha value is -2.41. The second kappa shape index (κ2) is 5.66. The van der Waals surface area contributed by atoms with Crippen molar-refractivity contribution in [2.24, 2.45) is 23.5 Å². The predicted molar refractivity (Wildman–Crippen MR) is 79.3 cm³/mol. The number of fused-ring (bicyclic) bond motifs is 1. The van der Waals surface area contributed by atoms with Gasteiger partial charge < -0.3 is 20.8 Å². The maximum Gasteiger partial charge on any atom is 0.320 e. The Morgan fingerprint density at radius 3 is 2.39 bits per heavy atom. The monoisotopic (exact) mass is 318 g/mol. The van der Waals surface area contributed by atoms with Crippen LogP contribution in [-0.4, -0.2) is 45.5 Å². The van der Waals surface area contributed by atoms with Gasteiger partial charge in [0.1, 0.15) is 6.04 Å². The van der Waals surface area contributed by atoms with Gasteiger partial charge in [0.05, 0.1) is 11.8 Å². The molecule has 0 unspecified atom stereocenters. The molecule has 1 aliphatic heterocycles. The van der Waals surface area contributed by atoms with E-state index in [2.05, 4.69) is 0 Å². The van der Waals surface area contributed by atoms with E-state index >= 15 is 0 Å². The van der Waals surface area contributed by atoms with Crippen molar-refractivity contribution < 1.29 is 24.6 Å². The summed E-state index contributed by atoms with van der Waals surface area (Å²) in [5.74, 6) is -5.44. The molecule has 122 valence electrons. The van der Waals surface area contributed by atoms with Crippen molar-refractivity contribution in [2.75, 3.05) is 6.54 Å². The first-order valence-corrected chi connectivity index (χ1v) is 7.48. The van der Waals surface area contributed by atoms with Crippen LogP contribution in [0.1, 0.15) is 11.1 Å². The highest BCUT2D eigenvalue weighted by Gasteiger charge is 2.64. The Morgan fingerprint density at radius 1 is 1.13 bits per heavy atom. The van der Waals surface area contributed by atoms with Gasteiger partial charge >= 0.3 is 11.9 Å². The molecule has 2 aliphatic rings. The zero-order valence-electron chi connectivity index (χ0n) is 12.4. The summed E-state index contributed by atoms with van der Waals surface area (Å²) < 4.78 is 0. The molecule has 7 heteroatoms. The molecule has 4 N–H and O–H groups in total. The fourth-order valence-electron chi connectivity index (χ4n) is 3.48. The van der Waals surface area contributed by atoms with E-state index < -0.39 is 35.7 Å². The van der Waals surface area contributed by atoms with Crippen molar-refractivity contribution in [3.05, 3.63) is 35.4 Å². The first-order valence-electron chi connectivity index (χ1n) is 7.48. The van der Waals surface area contributed by atoms with Crippen LogP contribution in [0.4, 0.5) is 0 Å². The van der Waals surface area contributed by atoms with Crippen LogP contribution in [0.3, 0.4) is 0 Å². The van der Waals surface area contributed by atoms with Crippen LogP contribution < -0.4 is 5.73 Å². The first kappa shape index (κ1) is 15.5. The summed E-state index contributed by atoms with van der Waals surface area (Å²) in [6.07, 6.45) is 0.710. The number of carbonyl (C=O) groups excluding carboxylic acids is 1. The highest BCUT2D eigenvalue weighted by Crippen LogP contribution is 2.49. The molecule has 1 aliphatic carbocycles. The SMILES string of the molecule is N[C@H](C(=O)O)[C@@H]1[C@@H](C(=O)O)[C@@H]1C(=O)N1CCc2ccccc2C1. The smallest absolute Gasteiger partial charge is 0.320 e. The molecule has 0 radical (unpaired) electrons. The van der Waals surface area contributed by atoms with Gasteiger partial charge in [-0.05, 0) is 17.5 Å². The summed E-state index contributed by atoms with van der Waals surface area (Å²) in [6, 6.07) is 6.46. The minimum Gasteiger partial charge on any atom is -0.481 e. The molecule has 23 heavy (non-hydrogen) atoms. The molecular formula is C16H18N2O5. The molecule has 1 saturated carbocycles. The van der Waals surface area contributed by atoms with Crippen LogP contribution >= 0.6 is 0 Å². The number of nitrogens with two attached hydrogens (primary N) is 1. The van der Waals surface area contributed by atoms with Gasteiger partial charge in [-0.1, -0.05) is 24.3 Å². The molecule has 0 bridgehead atoms. The lowest BCUT2D eigenvalue weighted by Gasteiger charge is -2.29. The van der Waals surface area contributed by atoms with Crippen LogP contribution in [0.15, 0.2) is 24.3 Å². The van der Waals surface area contributed by atoms with E-state index in [1.54, 1.807) is 4.90 Å². The van der Waals surface area contributed by atoms with Gasteiger partial charge in [0.25, 0.3) is 0 Å². The molecule has 0 saturated heterocycles. The molecule has 0 aromatic heterocycles. The van der Waals surface area contributed by atoms with Gasteiger partial charge in [0, 0.05) is 19.0 Å². The van der Waals surface area contributed by atoms with E-state index in [-0.39, 0.29) is 5.91 Å². The third-order valence-electron chi connectivity index (χ3n) is 4.79. The average molecular weight is 318 g/mol. The number of carbonyl (C=O) groups is 3. The largest absolute Gasteiger partial charge is 0.481 e. The Bertz CT molecular complexity index is 674. The van der Waals surface area contributed by atoms with E-state index in [0.29, 0.717) is 19.5 Å². The van der Waals surface area contributed by atoms with Crippen molar-refractivity contribution in [3.63, 3.8) is 0 Å². The van der Waals surface area contributed by atoms with Crippen LogP contribution in [0.2, 0.25) is 0 Å². The van der Waals surface area contributed by atoms with Gasteiger partial charge in [0.15, 0.2) is 0 Å². The molecule has 4 atom stereocenters. The zero-order chi connectivity index (χ0) is 16.7. The lowest BCUT2D eigenvalue weighted by molar-refractivity contribution is -0.142. The normalized spacial score (nSPS) is 27.0. The number of aliphatic carboxylic acids is 2. The van der Waals surface area contributed by atoms with E-state index in [1.807, 2.05) is 24.3 Å². The Kier molecular flexibility index (Phi) is 3.81. The lowest BCUT2D eigenvalue weighted by atomic mass is 9.99. The maximum absolute atomic E-state index is 12.6. The number of benzene rings is 1. The number of nitrogens with zero attached hydrogens (tertiary/aromatic N) is 1. The number of carboxylic acid groups (broad SMARTS) is 2. The summed E-state index contributed by atoms with van der Waals surface area (Å²) in [4.78, 5) is 36.5. The Balaban J connectivity index is 1.76. The van der Waals surface area contributed by atoms with E-state index in [4.69, 9.17) is 10.8 Å². The molecule has 0 spiro atoms. The standard InChI is InChI=1S/C16H18N2O5/c17-13(16(22)23)10-11(12(10)15(20)21)14(19)18-6-5-8-3-1-2-4-9(8)7-18/h1-4,10-13H,5-7,17H2,(H,20,21)(H,22,23)/t10-,11+,12+,13-/m0/s1. The lowest BCUT2D eigenvalue weighted by Crippen LogP contribution is -2.39. The van der Waals surface area contributed by atoms with Crippen molar-refractivity contribution >= 4 is 17.8 Å². The molecule has 1 amide bonds. The zero-order valence-corrected chi connectivity index (χ0v) is 12.4. The summed E-state index contributed by atoms with van der Waals surface area (Å²) >= 11 is 0. The second-order valence-corrected chi connectivity index (χ2v) is 6.11. The summed E-state index contributed by atoms with van der Waals surface area (Å²) in [5.41, 5.74) is 7.77. The second-order valence-electron chi connectivity index (χ2n) is 6.11. The fourth-order valence-corrected chi connectivity index (χ4v) is 3.48. The van der Waals surface area contributed by atoms with E-state index in [9.17, 15) is 19.5 Å². The first-order chi connectivity index (χ1) is 10.9. The molecule has 3 rings (SSSR count). The number of carboxylic acids is 2. The summed E-state index contributed by atoms with van der Waals surface area (Å²) in [6.45, 7) is 0.931. The van der Waals surface area contributed by atoms with Gasteiger partial charge in [-0.2, -0.15) is 0 Å².